The monoisotopic (exact) mass is 367 g/mol. The van der Waals surface area contributed by atoms with E-state index in [1.807, 2.05) is 55.5 Å². The Morgan fingerprint density at radius 1 is 1.07 bits per heavy atom. The molecule has 1 aliphatic rings. The molecule has 0 unspecified atom stereocenters. The van der Waals surface area contributed by atoms with Gasteiger partial charge in [0.05, 0.1) is 18.9 Å². The first-order chi connectivity index (χ1) is 13.0. The van der Waals surface area contributed by atoms with Crippen molar-refractivity contribution in [2.24, 2.45) is 11.8 Å². The zero-order valence-electron chi connectivity index (χ0n) is 15.5. The molecular formula is C22H25NO4. The van der Waals surface area contributed by atoms with Crippen LogP contribution in [0.15, 0.2) is 48.5 Å². The molecule has 0 bridgehead atoms. The molecule has 0 saturated carbocycles. The van der Waals surface area contributed by atoms with Gasteiger partial charge < -0.3 is 15.1 Å². The van der Waals surface area contributed by atoms with Crippen molar-refractivity contribution in [3.63, 3.8) is 0 Å². The Morgan fingerprint density at radius 2 is 1.81 bits per heavy atom. The lowest BCUT2D eigenvalue weighted by molar-refractivity contribution is -0.142. The summed E-state index contributed by atoms with van der Waals surface area (Å²) >= 11 is 0. The summed E-state index contributed by atoms with van der Waals surface area (Å²) in [5, 5.41) is 18.8. The number of carbonyl (C=O) groups excluding carboxylic acids is 1. The topological polar surface area (TPSA) is 77.8 Å². The van der Waals surface area contributed by atoms with Crippen LogP contribution in [-0.2, 0) is 29.0 Å². The molecule has 3 rings (SSSR count). The normalized spacial score (nSPS) is 19.3. The summed E-state index contributed by atoms with van der Waals surface area (Å²) in [5.41, 5.74) is 3.78. The molecule has 2 N–H and O–H groups in total. The number of aliphatic carboxylic acids is 1. The second kappa shape index (κ2) is 8.35. The highest BCUT2D eigenvalue weighted by atomic mass is 16.4. The molecular weight excluding hydrogens is 342 g/mol. The van der Waals surface area contributed by atoms with Crippen LogP contribution in [0.1, 0.15) is 22.3 Å². The van der Waals surface area contributed by atoms with Crippen LogP contribution in [0.4, 0.5) is 0 Å². The molecule has 0 aliphatic carbocycles. The zero-order chi connectivity index (χ0) is 19.4. The molecule has 1 heterocycles. The molecule has 142 valence electrons. The van der Waals surface area contributed by atoms with Gasteiger partial charge in [0.25, 0.3) is 0 Å². The van der Waals surface area contributed by atoms with Crippen molar-refractivity contribution >= 4 is 11.9 Å². The Labute approximate surface area is 159 Å². The lowest BCUT2D eigenvalue weighted by Gasteiger charge is -2.17. The van der Waals surface area contributed by atoms with Crippen molar-refractivity contribution in [3.05, 3.63) is 70.8 Å². The number of amides is 1. The van der Waals surface area contributed by atoms with Crippen LogP contribution in [0.25, 0.3) is 0 Å². The van der Waals surface area contributed by atoms with Crippen molar-refractivity contribution < 1.29 is 19.8 Å². The smallest absolute Gasteiger partial charge is 0.308 e. The number of hydrogen-bond donors (Lipinski definition) is 2. The highest BCUT2D eigenvalue weighted by molar-refractivity contribution is 5.81. The van der Waals surface area contributed by atoms with Crippen LogP contribution in [0.2, 0.25) is 0 Å². The van der Waals surface area contributed by atoms with Gasteiger partial charge in [-0.3, -0.25) is 9.59 Å². The highest BCUT2D eigenvalue weighted by Gasteiger charge is 2.39. The van der Waals surface area contributed by atoms with Crippen LogP contribution in [0.3, 0.4) is 0 Å². The van der Waals surface area contributed by atoms with Gasteiger partial charge in [-0.2, -0.15) is 0 Å². The average Bonchev–Trinajstić information content (AvgIpc) is 3.07. The van der Waals surface area contributed by atoms with Gasteiger partial charge in [0.1, 0.15) is 0 Å². The summed E-state index contributed by atoms with van der Waals surface area (Å²) in [6, 6.07) is 15.4. The van der Waals surface area contributed by atoms with Gasteiger partial charge >= 0.3 is 5.97 Å². The van der Waals surface area contributed by atoms with Crippen LogP contribution >= 0.6 is 0 Å². The maximum atomic E-state index is 12.7. The molecule has 0 spiro atoms. The van der Waals surface area contributed by atoms with E-state index in [0.717, 1.165) is 22.3 Å². The SMILES string of the molecule is Cc1cc(CC(=O)N2C[C@@H](Cc3ccccc3)[C@H](C(=O)O)C2)ccc1CO. The molecule has 2 aromatic rings. The Hall–Kier alpha value is -2.66. The molecule has 5 heteroatoms. The van der Waals surface area contributed by atoms with E-state index >= 15 is 0 Å². The van der Waals surface area contributed by atoms with Gasteiger partial charge in [0.15, 0.2) is 0 Å². The number of hydrogen-bond acceptors (Lipinski definition) is 3. The summed E-state index contributed by atoms with van der Waals surface area (Å²) in [6.45, 7) is 2.62. The predicted molar refractivity (Wildman–Crippen MR) is 102 cm³/mol. The van der Waals surface area contributed by atoms with E-state index in [0.29, 0.717) is 13.0 Å². The van der Waals surface area contributed by atoms with Gasteiger partial charge in [-0.15, -0.1) is 0 Å². The number of nitrogens with zero attached hydrogens (tertiary/aromatic N) is 1. The maximum Gasteiger partial charge on any atom is 0.308 e. The van der Waals surface area contributed by atoms with Crippen molar-refractivity contribution in [2.75, 3.05) is 13.1 Å². The number of aliphatic hydroxyl groups excluding tert-OH is 1. The number of aryl methyl sites for hydroxylation is 1. The van der Waals surface area contributed by atoms with Crippen molar-refractivity contribution in [2.45, 2.75) is 26.4 Å². The van der Waals surface area contributed by atoms with Gasteiger partial charge in [-0.05, 0) is 41.5 Å². The second-order valence-corrected chi connectivity index (χ2v) is 7.29. The molecule has 0 radical (unpaired) electrons. The number of aliphatic hydroxyl groups is 1. The van der Waals surface area contributed by atoms with Crippen molar-refractivity contribution in [1.82, 2.24) is 4.90 Å². The van der Waals surface area contributed by atoms with Crippen molar-refractivity contribution in [3.8, 4) is 0 Å². The minimum atomic E-state index is -0.839. The van der Waals surface area contributed by atoms with Gasteiger partial charge in [-0.1, -0.05) is 48.5 Å². The third kappa shape index (κ3) is 4.55. The molecule has 1 amide bonds. The highest BCUT2D eigenvalue weighted by Crippen LogP contribution is 2.28. The first kappa shape index (κ1) is 19.1. The first-order valence-electron chi connectivity index (χ1n) is 9.21. The van der Waals surface area contributed by atoms with Crippen LogP contribution in [0.5, 0.6) is 0 Å². The Bertz CT molecular complexity index is 818. The predicted octanol–water partition coefficient (Wildman–Crippen LogP) is 2.43. The Morgan fingerprint density at radius 3 is 2.44 bits per heavy atom. The maximum absolute atomic E-state index is 12.7. The van der Waals surface area contributed by atoms with Gasteiger partial charge in [-0.25, -0.2) is 0 Å². The van der Waals surface area contributed by atoms with Crippen molar-refractivity contribution in [1.29, 1.82) is 0 Å². The molecule has 1 aliphatic heterocycles. The van der Waals surface area contributed by atoms with Gasteiger partial charge in [0.2, 0.25) is 5.91 Å². The van der Waals surface area contributed by atoms with Crippen LogP contribution in [-0.4, -0.2) is 40.1 Å². The van der Waals surface area contributed by atoms with E-state index in [-0.39, 0.29) is 31.4 Å². The minimum Gasteiger partial charge on any atom is -0.481 e. The third-order valence-electron chi connectivity index (χ3n) is 5.38. The number of benzene rings is 2. The zero-order valence-corrected chi connectivity index (χ0v) is 15.5. The molecule has 0 aromatic heterocycles. The Balaban J connectivity index is 1.68. The number of rotatable bonds is 6. The van der Waals surface area contributed by atoms with E-state index in [1.54, 1.807) is 4.90 Å². The summed E-state index contributed by atoms with van der Waals surface area (Å²) < 4.78 is 0. The summed E-state index contributed by atoms with van der Waals surface area (Å²) in [6.07, 6.45) is 0.906. The fourth-order valence-corrected chi connectivity index (χ4v) is 3.81. The summed E-state index contributed by atoms with van der Waals surface area (Å²) in [5.74, 6) is -1.50. The van der Waals surface area contributed by atoms with E-state index in [1.165, 1.54) is 0 Å². The van der Waals surface area contributed by atoms with Gasteiger partial charge in [0, 0.05) is 13.1 Å². The lowest BCUT2D eigenvalue weighted by atomic mass is 9.90. The largest absolute Gasteiger partial charge is 0.481 e. The lowest BCUT2D eigenvalue weighted by Crippen LogP contribution is -2.31. The minimum absolute atomic E-state index is 0.0202. The second-order valence-electron chi connectivity index (χ2n) is 7.29. The molecule has 5 nitrogen and oxygen atoms in total. The fraction of sp³-hybridized carbons (Fsp3) is 0.364. The first-order valence-corrected chi connectivity index (χ1v) is 9.21. The third-order valence-corrected chi connectivity index (χ3v) is 5.38. The Kier molecular flexibility index (Phi) is 5.91. The number of carbonyl (C=O) groups is 2. The van der Waals surface area contributed by atoms with E-state index in [4.69, 9.17) is 0 Å². The number of carboxylic acids is 1. The fourth-order valence-electron chi connectivity index (χ4n) is 3.81. The molecule has 27 heavy (non-hydrogen) atoms. The number of likely N-dealkylation sites (tertiary alicyclic amines) is 1. The molecule has 2 aromatic carbocycles. The van der Waals surface area contributed by atoms with Crippen LogP contribution in [0, 0.1) is 18.8 Å². The number of carboxylic acid groups (broad SMARTS) is 1. The van der Waals surface area contributed by atoms with E-state index in [2.05, 4.69) is 0 Å². The summed E-state index contributed by atoms with van der Waals surface area (Å²) in [4.78, 5) is 26.1. The molecule has 1 saturated heterocycles. The van der Waals surface area contributed by atoms with E-state index in [9.17, 15) is 19.8 Å². The summed E-state index contributed by atoms with van der Waals surface area (Å²) in [7, 11) is 0. The quantitative estimate of drug-likeness (QED) is 0.822. The molecule has 1 fully saturated rings. The van der Waals surface area contributed by atoms with Crippen LogP contribution < -0.4 is 0 Å². The van der Waals surface area contributed by atoms with E-state index < -0.39 is 11.9 Å². The average molecular weight is 367 g/mol. The molecule has 2 atom stereocenters. The standard InChI is InChI=1S/C22H25NO4/c1-15-9-17(7-8-18(15)14-24)11-21(25)23-12-19(20(13-23)22(26)27)10-16-5-3-2-4-6-16/h2-9,19-20,24H,10-14H2,1H3,(H,26,27)/t19-,20-/m1/s1.